The number of aliphatic hydroxyl groups excluding tert-OH is 1. The van der Waals surface area contributed by atoms with Gasteiger partial charge in [-0.3, -0.25) is 0 Å². The Morgan fingerprint density at radius 3 is 2.53 bits per heavy atom. The number of aryl methyl sites for hydroxylation is 1. The number of hydrogen-bond acceptors (Lipinski definition) is 3. The van der Waals surface area contributed by atoms with E-state index in [1.807, 2.05) is 0 Å². The summed E-state index contributed by atoms with van der Waals surface area (Å²) in [6, 6.07) is 3.86. The van der Waals surface area contributed by atoms with Crippen LogP contribution in [0.5, 0.6) is 0 Å². The van der Waals surface area contributed by atoms with E-state index in [0.29, 0.717) is 18.4 Å². The largest absolute Gasteiger partial charge is 0.396 e. The summed E-state index contributed by atoms with van der Waals surface area (Å²) in [5.41, 5.74) is 0.599. The average molecular weight is 258 g/mol. The molecule has 1 aliphatic rings. The standard InChI is InChI=1S/C12H15FO3S/c1-8-2-10(13)6-11(3-8)17(15,16)12-4-9(5-12)7-14/h2-3,6,9,12,14H,4-5,7H2,1H3. The van der Waals surface area contributed by atoms with Crippen molar-refractivity contribution in [3.8, 4) is 0 Å². The maximum atomic E-state index is 13.2. The molecule has 17 heavy (non-hydrogen) atoms. The molecule has 94 valence electrons. The van der Waals surface area contributed by atoms with Crippen molar-refractivity contribution in [1.82, 2.24) is 0 Å². The molecule has 1 aromatic carbocycles. The minimum absolute atomic E-state index is 0.0220. The predicted octanol–water partition coefficient (Wildman–Crippen LogP) is 1.68. The van der Waals surface area contributed by atoms with Gasteiger partial charge < -0.3 is 5.11 Å². The molecule has 0 spiro atoms. The number of hydrogen-bond donors (Lipinski definition) is 1. The zero-order valence-corrected chi connectivity index (χ0v) is 10.4. The van der Waals surface area contributed by atoms with E-state index in [1.54, 1.807) is 6.92 Å². The molecule has 0 aromatic heterocycles. The highest BCUT2D eigenvalue weighted by atomic mass is 32.2. The highest BCUT2D eigenvalue weighted by Crippen LogP contribution is 2.36. The first-order valence-electron chi connectivity index (χ1n) is 5.55. The molecule has 1 aromatic rings. The van der Waals surface area contributed by atoms with Crippen molar-refractivity contribution < 1.29 is 17.9 Å². The SMILES string of the molecule is Cc1cc(F)cc(S(=O)(=O)C2CC(CO)C2)c1. The number of aliphatic hydroxyl groups is 1. The van der Waals surface area contributed by atoms with Crippen molar-refractivity contribution in [3.05, 3.63) is 29.6 Å². The third-order valence-corrected chi connectivity index (χ3v) is 5.39. The van der Waals surface area contributed by atoms with Crippen molar-refractivity contribution in [2.45, 2.75) is 29.9 Å². The van der Waals surface area contributed by atoms with Gasteiger partial charge in [-0.1, -0.05) is 0 Å². The van der Waals surface area contributed by atoms with Crippen LogP contribution in [0.4, 0.5) is 4.39 Å². The van der Waals surface area contributed by atoms with E-state index < -0.39 is 20.9 Å². The summed E-state index contributed by atoms with van der Waals surface area (Å²) < 4.78 is 37.4. The number of rotatable bonds is 3. The second-order valence-corrected chi connectivity index (χ2v) is 6.88. The van der Waals surface area contributed by atoms with E-state index in [9.17, 15) is 12.8 Å². The molecule has 0 bridgehead atoms. The lowest BCUT2D eigenvalue weighted by Gasteiger charge is -2.33. The minimum Gasteiger partial charge on any atom is -0.396 e. The molecule has 3 nitrogen and oxygen atoms in total. The van der Waals surface area contributed by atoms with Gasteiger partial charge in [-0.05, 0) is 49.4 Å². The van der Waals surface area contributed by atoms with Gasteiger partial charge in [0.05, 0.1) is 10.1 Å². The molecule has 0 saturated heterocycles. The molecule has 5 heteroatoms. The van der Waals surface area contributed by atoms with Crippen molar-refractivity contribution in [2.75, 3.05) is 6.61 Å². The van der Waals surface area contributed by atoms with Gasteiger partial charge in [0.15, 0.2) is 9.84 Å². The molecular weight excluding hydrogens is 243 g/mol. The molecule has 0 amide bonds. The van der Waals surface area contributed by atoms with Gasteiger partial charge >= 0.3 is 0 Å². The first kappa shape index (κ1) is 12.5. The Kier molecular flexibility index (Phi) is 3.23. The quantitative estimate of drug-likeness (QED) is 0.897. The molecule has 0 atom stereocenters. The first-order valence-corrected chi connectivity index (χ1v) is 7.10. The molecule has 0 heterocycles. The summed E-state index contributed by atoms with van der Waals surface area (Å²) in [6.07, 6.45) is 0.933. The van der Waals surface area contributed by atoms with Gasteiger partial charge in [0.2, 0.25) is 0 Å². The Balaban J connectivity index is 2.27. The summed E-state index contributed by atoms with van der Waals surface area (Å²) in [7, 11) is -3.44. The van der Waals surface area contributed by atoms with Crippen LogP contribution in [0.1, 0.15) is 18.4 Å². The van der Waals surface area contributed by atoms with E-state index in [4.69, 9.17) is 5.11 Å². The summed E-state index contributed by atoms with van der Waals surface area (Å²) in [4.78, 5) is 0.0522. The van der Waals surface area contributed by atoms with Crippen LogP contribution in [-0.2, 0) is 9.84 Å². The summed E-state index contributed by atoms with van der Waals surface area (Å²) >= 11 is 0. The molecule has 0 aliphatic heterocycles. The van der Waals surface area contributed by atoms with Gasteiger partial charge in [-0.15, -0.1) is 0 Å². The normalized spacial score (nSPS) is 24.4. The van der Waals surface area contributed by atoms with Gasteiger partial charge in [-0.25, -0.2) is 12.8 Å². The smallest absolute Gasteiger partial charge is 0.181 e. The number of sulfone groups is 1. The Bertz CT molecular complexity index is 498. The van der Waals surface area contributed by atoms with Crippen LogP contribution in [0.2, 0.25) is 0 Å². The van der Waals surface area contributed by atoms with E-state index in [2.05, 4.69) is 0 Å². The minimum atomic E-state index is -3.44. The maximum absolute atomic E-state index is 13.2. The highest BCUT2D eigenvalue weighted by Gasteiger charge is 2.39. The Morgan fingerprint density at radius 2 is 2.00 bits per heavy atom. The van der Waals surface area contributed by atoms with Crippen LogP contribution in [0.15, 0.2) is 23.1 Å². The summed E-state index contributed by atoms with van der Waals surface area (Å²) in [5, 5.41) is 8.40. The Hall–Kier alpha value is -0.940. The Labute approximate surface area is 100 Å². The first-order chi connectivity index (χ1) is 7.93. The third kappa shape index (κ3) is 2.35. The molecule has 1 fully saturated rings. The van der Waals surface area contributed by atoms with Crippen molar-refractivity contribution in [2.24, 2.45) is 5.92 Å². The van der Waals surface area contributed by atoms with Crippen LogP contribution in [-0.4, -0.2) is 25.4 Å². The maximum Gasteiger partial charge on any atom is 0.181 e. The van der Waals surface area contributed by atoms with Crippen molar-refractivity contribution in [1.29, 1.82) is 0 Å². The molecule has 2 rings (SSSR count). The lowest BCUT2D eigenvalue weighted by Crippen LogP contribution is -2.37. The van der Waals surface area contributed by atoms with Gasteiger partial charge in [0, 0.05) is 6.61 Å². The van der Waals surface area contributed by atoms with Gasteiger partial charge in [0.1, 0.15) is 5.82 Å². The average Bonchev–Trinajstić information content (AvgIpc) is 2.13. The molecular formula is C12H15FO3S. The van der Waals surface area contributed by atoms with Crippen LogP contribution >= 0.6 is 0 Å². The third-order valence-electron chi connectivity index (χ3n) is 3.23. The fourth-order valence-corrected chi connectivity index (χ4v) is 4.20. The van der Waals surface area contributed by atoms with Crippen LogP contribution < -0.4 is 0 Å². The van der Waals surface area contributed by atoms with E-state index >= 15 is 0 Å². The molecule has 0 radical (unpaired) electrons. The van der Waals surface area contributed by atoms with E-state index in [-0.39, 0.29) is 17.4 Å². The van der Waals surface area contributed by atoms with E-state index in [0.717, 1.165) is 6.07 Å². The number of benzene rings is 1. The summed E-state index contributed by atoms with van der Waals surface area (Å²) in [5.74, 6) is -0.453. The fourth-order valence-electron chi connectivity index (χ4n) is 2.14. The van der Waals surface area contributed by atoms with Gasteiger partial charge in [-0.2, -0.15) is 0 Å². The molecule has 0 unspecified atom stereocenters. The molecule has 1 N–H and O–H groups in total. The van der Waals surface area contributed by atoms with Gasteiger partial charge in [0.25, 0.3) is 0 Å². The van der Waals surface area contributed by atoms with Crippen LogP contribution in [0.25, 0.3) is 0 Å². The second-order valence-electron chi connectivity index (χ2n) is 4.65. The molecule has 1 saturated carbocycles. The Morgan fingerprint density at radius 1 is 1.35 bits per heavy atom. The predicted molar refractivity (Wildman–Crippen MR) is 61.9 cm³/mol. The van der Waals surface area contributed by atoms with E-state index in [1.165, 1.54) is 12.1 Å². The lowest BCUT2D eigenvalue weighted by molar-refractivity contribution is 0.165. The lowest BCUT2D eigenvalue weighted by atomic mass is 9.86. The second kappa shape index (κ2) is 4.38. The topological polar surface area (TPSA) is 54.4 Å². The van der Waals surface area contributed by atoms with Crippen molar-refractivity contribution in [3.63, 3.8) is 0 Å². The monoisotopic (exact) mass is 258 g/mol. The fraction of sp³-hybridized carbons (Fsp3) is 0.500. The number of halogens is 1. The molecule has 1 aliphatic carbocycles. The summed E-state index contributed by atoms with van der Waals surface area (Å²) in [6.45, 7) is 1.69. The zero-order chi connectivity index (χ0) is 12.6. The zero-order valence-electron chi connectivity index (χ0n) is 9.56. The van der Waals surface area contributed by atoms with Crippen molar-refractivity contribution >= 4 is 9.84 Å². The highest BCUT2D eigenvalue weighted by molar-refractivity contribution is 7.92. The van der Waals surface area contributed by atoms with Crippen LogP contribution in [0, 0.1) is 18.7 Å². The van der Waals surface area contributed by atoms with Crippen LogP contribution in [0.3, 0.4) is 0 Å².